The summed E-state index contributed by atoms with van der Waals surface area (Å²) in [6, 6.07) is 14.0. The molecule has 1 aromatic carbocycles. The van der Waals surface area contributed by atoms with E-state index in [9.17, 15) is 4.79 Å². The molecule has 6 nitrogen and oxygen atoms in total. The number of anilines is 1. The molecule has 3 heterocycles. The number of amides is 1. The van der Waals surface area contributed by atoms with Crippen molar-refractivity contribution in [3.05, 3.63) is 54.0 Å². The van der Waals surface area contributed by atoms with Crippen LogP contribution in [0.15, 0.2) is 52.0 Å². The fourth-order valence-electron chi connectivity index (χ4n) is 2.59. The smallest absolute Gasteiger partial charge is 0.236 e. The molecule has 27 heavy (non-hydrogen) atoms. The van der Waals surface area contributed by atoms with Crippen LogP contribution in [0.5, 0.6) is 0 Å². The number of thiophene rings is 1. The highest BCUT2D eigenvalue weighted by atomic mass is 32.2. The van der Waals surface area contributed by atoms with Gasteiger partial charge in [-0.1, -0.05) is 47.3 Å². The summed E-state index contributed by atoms with van der Waals surface area (Å²) in [6.07, 6.45) is 0. The lowest BCUT2D eigenvalue weighted by atomic mass is 10.2. The number of aromatic nitrogens is 3. The molecule has 0 spiro atoms. The van der Waals surface area contributed by atoms with Crippen molar-refractivity contribution >= 4 is 45.0 Å². The zero-order valence-electron chi connectivity index (χ0n) is 14.7. The average Bonchev–Trinajstić information content (AvgIpc) is 3.26. The largest absolute Gasteiger partial charge is 0.360 e. The Bertz CT molecular complexity index is 1110. The molecule has 1 N–H and O–H groups in total. The predicted octanol–water partition coefficient (Wildman–Crippen LogP) is 4.69. The van der Waals surface area contributed by atoms with E-state index in [1.54, 1.807) is 24.3 Å². The van der Waals surface area contributed by atoms with Crippen LogP contribution in [0.2, 0.25) is 0 Å². The number of aryl methyl sites for hydroxylation is 2. The molecule has 0 unspecified atom stereocenters. The number of nitrogens with zero attached hydrogens (tertiary/aromatic N) is 3. The van der Waals surface area contributed by atoms with Gasteiger partial charge in [0.2, 0.25) is 5.91 Å². The van der Waals surface area contributed by atoms with Crippen molar-refractivity contribution < 1.29 is 9.32 Å². The third-order valence-corrected chi connectivity index (χ3v) is 5.83. The van der Waals surface area contributed by atoms with Gasteiger partial charge in [0, 0.05) is 16.3 Å². The van der Waals surface area contributed by atoms with Crippen LogP contribution < -0.4 is 5.32 Å². The van der Waals surface area contributed by atoms with Gasteiger partial charge in [-0.2, -0.15) is 0 Å². The molecule has 1 amide bonds. The molecular formula is C19H16N4O2S2. The summed E-state index contributed by atoms with van der Waals surface area (Å²) < 4.78 is 4.96. The first kappa shape index (κ1) is 17.7. The van der Waals surface area contributed by atoms with Crippen molar-refractivity contribution in [1.82, 2.24) is 15.1 Å². The predicted molar refractivity (Wildman–Crippen MR) is 108 cm³/mol. The Labute approximate surface area is 164 Å². The second-order valence-electron chi connectivity index (χ2n) is 5.93. The molecule has 0 saturated heterocycles. The average molecular weight is 396 g/mol. The molecule has 3 aromatic heterocycles. The number of benzene rings is 1. The van der Waals surface area contributed by atoms with Gasteiger partial charge in [-0.15, -0.1) is 11.3 Å². The van der Waals surface area contributed by atoms with E-state index in [-0.39, 0.29) is 11.7 Å². The Balaban J connectivity index is 1.55. The molecule has 0 aliphatic rings. The van der Waals surface area contributed by atoms with Crippen molar-refractivity contribution in [2.24, 2.45) is 0 Å². The summed E-state index contributed by atoms with van der Waals surface area (Å²) in [4.78, 5) is 23.3. The molecule has 0 bridgehead atoms. The van der Waals surface area contributed by atoms with Crippen LogP contribution in [-0.2, 0) is 4.79 Å². The van der Waals surface area contributed by atoms with Crippen LogP contribution >= 0.6 is 23.1 Å². The van der Waals surface area contributed by atoms with Crippen LogP contribution in [0.1, 0.15) is 11.6 Å². The summed E-state index contributed by atoms with van der Waals surface area (Å²) in [5.74, 6) is 1.84. The molecule has 0 atom stereocenters. The van der Waals surface area contributed by atoms with Gasteiger partial charge in [-0.05, 0) is 25.5 Å². The van der Waals surface area contributed by atoms with E-state index in [2.05, 4.69) is 38.6 Å². The maximum Gasteiger partial charge on any atom is 0.236 e. The van der Waals surface area contributed by atoms with Crippen molar-refractivity contribution in [2.75, 3.05) is 11.1 Å². The minimum Gasteiger partial charge on any atom is -0.360 e. The van der Waals surface area contributed by atoms with Gasteiger partial charge in [0.05, 0.1) is 5.75 Å². The van der Waals surface area contributed by atoms with Crippen molar-refractivity contribution in [3.63, 3.8) is 0 Å². The van der Waals surface area contributed by atoms with Gasteiger partial charge in [-0.3, -0.25) is 4.79 Å². The highest BCUT2D eigenvalue weighted by molar-refractivity contribution is 8.00. The van der Waals surface area contributed by atoms with E-state index in [0.29, 0.717) is 17.4 Å². The van der Waals surface area contributed by atoms with E-state index in [4.69, 9.17) is 4.52 Å². The third kappa shape index (κ3) is 4.01. The lowest BCUT2D eigenvalue weighted by molar-refractivity contribution is -0.113. The van der Waals surface area contributed by atoms with Crippen LogP contribution in [0, 0.1) is 13.8 Å². The van der Waals surface area contributed by atoms with Crippen molar-refractivity contribution in [1.29, 1.82) is 0 Å². The van der Waals surface area contributed by atoms with Crippen LogP contribution in [0.4, 0.5) is 5.82 Å². The number of carbonyl (C=O) groups is 1. The van der Waals surface area contributed by atoms with Crippen LogP contribution in [0.25, 0.3) is 20.7 Å². The van der Waals surface area contributed by atoms with E-state index in [1.165, 1.54) is 11.8 Å². The van der Waals surface area contributed by atoms with Gasteiger partial charge in [0.25, 0.3) is 0 Å². The van der Waals surface area contributed by atoms with Gasteiger partial charge < -0.3 is 9.84 Å². The molecule has 136 valence electrons. The topological polar surface area (TPSA) is 80.9 Å². The minimum absolute atomic E-state index is 0.156. The van der Waals surface area contributed by atoms with Gasteiger partial charge in [-0.25, -0.2) is 9.97 Å². The molecule has 4 aromatic rings. The molecule has 0 fully saturated rings. The Morgan fingerprint density at radius 2 is 2.00 bits per heavy atom. The number of rotatable bonds is 5. The fourth-order valence-corrected chi connectivity index (χ4v) is 4.58. The first-order valence-electron chi connectivity index (χ1n) is 8.28. The lowest BCUT2D eigenvalue weighted by Gasteiger charge is -2.03. The molecule has 0 aliphatic heterocycles. The number of nitrogens with one attached hydrogen (secondary N) is 1. The second kappa shape index (κ2) is 7.50. The third-order valence-electron chi connectivity index (χ3n) is 3.76. The highest BCUT2D eigenvalue weighted by Gasteiger charge is 2.14. The number of carbonyl (C=O) groups excluding carboxylic acids is 1. The zero-order chi connectivity index (χ0) is 18.8. The quantitative estimate of drug-likeness (QED) is 0.389. The summed E-state index contributed by atoms with van der Waals surface area (Å²) in [6.45, 7) is 3.64. The van der Waals surface area contributed by atoms with Crippen LogP contribution in [-0.4, -0.2) is 26.8 Å². The number of thioether (sulfide) groups is 1. The van der Waals surface area contributed by atoms with E-state index >= 15 is 0 Å². The number of hydrogen-bond donors (Lipinski definition) is 1. The van der Waals surface area contributed by atoms with Crippen LogP contribution in [0.3, 0.4) is 0 Å². The maximum atomic E-state index is 12.2. The summed E-state index contributed by atoms with van der Waals surface area (Å²) in [7, 11) is 0. The Hall–Kier alpha value is -2.71. The minimum atomic E-state index is -0.156. The Morgan fingerprint density at radius 1 is 1.19 bits per heavy atom. The highest BCUT2D eigenvalue weighted by Crippen LogP contribution is 2.36. The summed E-state index contributed by atoms with van der Waals surface area (Å²) in [5, 5.41) is 8.27. The van der Waals surface area contributed by atoms with Crippen molar-refractivity contribution in [2.45, 2.75) is 18.9 Å². The molecule has 0 radical (unpaired) electrons. The lowest BCUT2D eigenvalue weighted by Crippen LogP contribution is -2.14. The monoisotopic (exact) mass is 396 g/mol. The SMILES string of the molecule is Cc1nc(SCC(=O)Nc2cc(C)on2)c2cc(-c3ccccc3)sc2n1. The first-order chi connectivity index (χ1) is 13.1. The first-order valence-corrected chi connectivity index (χ1v) is 10.1. The molecule has 8 heteroatoms. The normalized spacial score (nSPS) is 11.0. The van der Waals surface area contributed by atoms with Gasteiger partial charge >= 0.3 is 0 Å². The number of hydrogen-bond acceptors (Lipinski definition) is 7. The van der Waals surface area contributed by atoms with Gasteiger partial charge in [0.15, 0.2) is 5.82 Å². The fraction of sp³-hybridized carbons (Fsp3) is 0.158. The molecule has 4 rings (SSSR count). The molecule has 0 saturated carbocycles. The summed E-state index contributed by atoms with van der Waals surface area (Å²) in [5.41, 5.74) is 1.15. The zero-order valence-corrected chi connectivity index (χ0v) is 16.4. The van der Waals surface area contributed by atoms with E-state index in [1.807, 2.05) is 25.1 Å². The van der Waals surface area contributed by atoms with E-state index in [0.717, 1.165) is 25.7 Å². The molecular weight excluding hydrogens is 380 g/mol. The Morgan fingerprint density at radius 3 is 2.74 bits per heavy atom. The summed E-state index contributed by atoms with van der Waals surface area (Å²) >= 11 is 3.02. The maximum absolute atomic E-state index is 12.2. The van der Waals surface area contributed by atoms with E-state index < -0.39 is 0 Å². The Kier molecular flexibility index (Phi) is 4.91. The van der Waals surface area contributed by atoms with Crippen molar-refractivity contribution in [3.8, 4) is 10.4 Å². The number of fused-ring (bicyclic) bond motifs is 1. The second-order valence-corrected chi connectivity index (χ2v) is 7.93. The van der Waals surface area contributed by atoms with Gasteiger partial charge in [0.1, 0.15) is 21.4 Å². The standard InChI is InChI=1S/C19H16N4O2S2/c1-11-8-16(23-25-11)22-17(24)10-26-18-14-9-15(13-6-4-3-5-7-13)27-19(14)21-12(2)20-18/h3-9H,10H2,1-2H3,(H,22,23,24). The molecule has 0 aliphatic carbocycles.